The van der Waals surface area contributed by atoms with Crippen LogP contribution in [0.5, 0.6) is 0 Å². The van der Waals surface area contributed by atoms with Gasteiger partial charge in [0.05, 0.1) is 22.1 Å². The molecule has 0 unspecified atom stereocenters. The molecule has 9 aromatic carbocycles. The van der Waals surface area contributed by atoms with E-state index in [0.29, 0.717) is 0 Å². The van der Waals surface area contributed by atoms with E-state index in [1.807, 2.05) is 0 Å². The Morgan fingerprint density at radius 2 is 0.839 bits per heavy atom. The van der Waals surface area contributed by atoms with Gasteiger partial charge in [-0.1, -0.05) is 127 Å². The van der Waals surface area contributed by atoms with E-state index in [9.17, 15) is 0 Å². The van der Waals surface area contributed by atoms with E-state index in [1.165, 1.54) is 27.5 Å². The van der Waals surface area contributed by atoms with Crippen molar-refractivity contribution in [1.82, 2.24) is 14.5 Å². The van der Waals surface area contributed by atoms with E-state index in [0.717, 1.165) is 71.9 Å². The van der Waals surface area contributed by atoms with Crippen molar-refractivity contribution >= 4 is 71.4 Å². The van der Waals surface area contributed by atoms with E-state index in [2.05, 4.69) is 204 Å². The van der Waals surface area contributed by atoms with Crippen LogP contribution in [0.3, 0.4) is 0 Å². The van der Waals surface area contributed by atoms with Gasteiger partial charge in [-0.25, -0.2) is 0 Å². The van der Waals surface area contributed by atoms with E-state index in [1.54, 1.807) is 12.4 Å². The Bertz CT molecular complexity index is 3190. The molecule has 2 aromatic heterocycles. The van der Waals surface area contributed by atoms with Crippen LogP contribution in [-0.2, 0) is 0 Å². The summed E-state index contributed by atoms with van der Waals surface area (Å²) in [5.41, 5.74) is 13.3. The van der Waals surface area contributed by atoms with Crippen LogP contribution in [0.25, 0.3) is 82.3 Å². The van der Waals surface area contributed by atoms with Crippen LogP contribution in [0.15, 0.2) is 207 Å². The molecule has 0 atom stereocenters. The Morgan fingerprint density at radius 1 is 0.321 bits per heavy atom. The monoisotopic (exact) mass is 714 g/mol. The summed E-state index contributed by atoms with van der Waals surface area (Å²) < 4.78 is 2.40. The Balaban J connectivity index is 1.11. The Labute approximate surface area is 324 Å². The third-order valence-corrected chi connectivity index (χ3v) is 11.0. The van der Waals surface area contributed by atoms with Crippen molar-refractivity contribution in [2.75, 3.05) is 4.90 Å². The lowest BCUT2D eigenvalue weighted by Crippen LogP contribution is -2.09. The molecule has 4 heteroatoms. The summed E-state index contributed by atoms with van der Waals surface area (Å²) in [5, 5.41) is 6.90. The number of hydrogen-bond donors (Lipinski definition) is 0. The third kappa shape index (κ3) is 5.23. The first-order valence-corrected chi connectivity index (χ1v) is 19.0. The van der Waals surface area contributed by atoms with Crippen LogP contribution in [0.1, 0.15) is 0 Å². The first-order valence-electron chi connectivity index (χ1n) is 19.0. The topological polar surface area (TPSA) is 34.0 Å². The molecule has 0 aliphatic heterocycles. The Kier molecular flexibility index (Phi) is 7.46. The average molecular weight is 715 g/mol. The molecule has 0 saturated heterocycles. The lowest BCUT2D eigenvalue weighted by atomic mass is 9.94. The van der Waals surface area contributed by atoms with Crippen molar-refractivity contribution in [3.05, 3.63) is 207 Å². The van der Waals surface area contributed by atoms with Gasteiger partial charge in [-0.05, 0) is 99.8 Å². The Hall–Kier alpha value is -7.56. The molecule has 262 valence electrons. The largest absolute Gasteiger partial charge is 0.310 e. The molecule has 0 bridgehead atoms. The van der Waals surface area contributed by atoms with Gasteiger partial charge in [-0.2, -0.15) is 0 Å². The van der Waals surface area contributed by atoms with Gasteiger partial charge in [-0.3, -0.25) is 9.97 Å². The van der Waals surface area contributed by atoms with Crippen molar-refractivity contribution < 1.29 is 0 Å². The highest BCUT2D eigenvalue weighted by atomic mass is 15.1. The number of anilines is 3. The second-order valence-electron chi connectivity index (χ2n) is 14.2. The molecule has 56 heavy (non-hydrogen) atoms. The molecule has 11 aromatic rings. The molecule has 0 fully saturated rings. The molecular weight excluding hydrogens is 681 g/mol. The molecule has 0 N–H and O–H groups in total. The van der Waals surface area contributed by atoms with Crippen LogP contribution >= 0.6 is 0 Å². The van der Waals surface area contributed by atoms with E-state index in [-0.39, 0.29) is 0 Å². The summed E-state index contributed by atoms with van der Waals surface area (Å²) in [6.45, 7) is 0. The van der Waals surface area contributed by atoms with E-state index < -0.39 is 0 Å². The standard InChI is InChI=1S/C52H34N4/c1-4-12-35(13-5-1)36-20-22-37(23-21-36)38-24-27-44-46(32-38)47-33-42(25-28-45(47)52-51(44)53-30-31-54-52)56-49-19-11-10-18-43(49)48-34-41(26-29-50(48)56)55(39-14-6-2-7-15-39)40-16-8-3-9-17-40/h1-34H. The second kappa shape index (κ2) is 13.1. The van der Waals surface area contributed by atoms with Gasteiger partial charge in [-0.15, -0.1) is 0 Å². The molecular formula is C52H34N4. The minimum atomic E-state index is 0.912. The summed E-state index contributed by atoms with van der Waals surface area (Å²) >= 11 is 0. The first-order chi connectivity index (χ1) is 27.8. The number of fused-ring (bicyclic) bond motifs is 9. The van der Waals surface area contributed by atoms with Crippen molar-refractivity contribution in [1.29, 1.82) is 0 Å². The number of aromatic nitrogens is 3. The van der Waals surface area contributed by atoms with Crippen LogP contribution in [-0.4, -0.2) is 14.5 Å². The van der Waals surface area contributed by atoms with Gasteiger partial charge in [0.1, 0.15) is 0 Å². The van der Waals surface area contributed by atoms with Gasteiger partial charge in [0.25, 0.3) is 0 Å². The minimum Gasteiger partial charge on any atom is -0.310 e. The quantitative estimate of drug-likeness (QED) is 0.161. The predicted molar refractivity (Wildman–Crippen MR) is 234 cm³/mol. The van der Waals surface area contributed by atoms with Crippen LogP contribution < -0.4 is 4.90 Å². The molecule has 11 rings (SSSR count). The highest BCUT2D eigenvalue weighted by molar-refractivity contribution is 6.24. The van der Waals surface area contributed by atoms with Gasteiger partial charge >= 0.3 is 0 Å². The number of rotatable bonds is 6. The van der Waals surface area contributed by atoms with Crippen molar-refractivity contribution in [2.24, 2.45) is 0 Å². The molecule has 4 nitrogen and oxygen atoms in total. The normalized spacial score (nSPS) is 11.6. The van der Waals surface area contributed by atoms with Crippen LogP contribution in [0.2, 0.25) is 0 Å². The smallest absolute Gasteiger partial charge is 0.0971 e. The Morgan fingerprint density at radius 3 is 1.52 bits per heavy atom. The number of nitrogens with zero attached hydrogens (tertiary/aromatic N) is 4. The van der Waals surface area contributed by atoms with Gasteiger partial charge in [0.15, 0.2) is 0 Å². The lowest BCUT2D eigenvalue weighted by Gasteiger charge is -2.25. The van der Waals surface area contributed by atoms with E-state index in [4.69, 9.17) is 9.97 Å². The predicted octanol–water partition coefficient (Wildman–Crippen LogP) is 13.8. The zero-order valence-electron chi connectivity index (χ0n) is 30.4. The SMILES string of the molecule is c1ccc(-c2ccc(-c3ccc4c(c3)c3cc(-n5c6ccccc6c6cc(N(c7ccccc7)c7ccccc7)ccc65)ccc3c3nccnc43)cc2)cc1. The summed E-state index contributed by atoms with van der Waals surface area (Å²) in [4.78, 5) is 12.1. The number of benzene rings is 9. The number of hydrogen-bond acceptors (Lipinski definition) is 3. The van der Waals surface area contributed by atoms with Crippen LogP contribution in [0.4, 0.5) is 17.1 Å². The molecule has 0 amide bonds. The van der Waals surface area contributed by atoms with Crippen molar-refractivity contribution in [2.45, 2.75) is 0 Å². The molecule has 0 saturated carbocycles. The van der Waals surface area contributed by atoms with Crippen LogP contribution in [0, 0.1) is 0 Å². The van der Waals surface area contributed by atoms with Crippen molar-refractivity contribution in [3.63, 3.8) is 0 Å². The first kappa shape index (κ1) is 31.9. The highest BCUT2D eigenvalue weighted by Gasteiger charge is 2.19. The van der Waals surface area contributed by atoms with Gasteiger partial charge < -0.3 is 9.47 Å². The number of para-hydroxylation sites is 3. The maximum absolute atomic E-state index is 4.87. The second-order valence-corrected chi connectivity index (χ2v) is 14.2. The summed E-state index contributed by atoms with van der Waals surface area (Å²) in [5.74, 6) is 0. The fraction of sp³-hybridized carbons (Fsp3) is 0. The highest BCUT2D eigenvalue weighted by Crippen LogP contribution is 2.41. The third-order valence-electron chi connectivity index (χ3n) is 11.0. The lowest BCUT2D eigenvalue weighted by molar-refractivity contribution is 1.18. The van der Waals surface area contributed by atoms with Gasteiger partial charge in [0.2, 0.25) is 0 Å². The molecule has 0 spiro atoms. The van der Waals surface area contributed by atoms with Crippen molar-refractivity contribution in [3.8, 4) is 27.9 Å². The minimum absolute atomic E-state index is 0.912. The zero-order chi connectivity index (χ0) is 37.0. The van der Waals surface area contributed by atoms with Gasteiger partial charge in [0, 0.05) is 56.7 Å². The maximum atomic E-state index is 4.87. The summed E-state index contributed by atoms with van der Waals surface area (Å²) in [6.07, 6.45) is 3.59. The summed E-state index contributed by atoms with van der Waals surface area (Å²) in [7, 11) is 0. The fourth-order valence-electron chi connectivity index (χ4n) is 8.45. The molecule has 0 aliphatic carbocycles. The maximum Gasteiger partial charge on any atom is 0.0971 e. The molecule has 0 aliphatic rings. The summed E-state index contributed by atoms with van der Waals surface area (Å²) in [6, 6.07) is 69.7. The molecule has 2 heterocycles. The average Bonchev–Trinajstić information content (AvgIpc) is 3.61. The molecule has 0 radical (unpaired) electrons. The fourth-order valence-corrected chi connectivity index (χ4v) is 8.45. The zero-order valence-corrected chi connectivity index (χ0v) is 30.4. The van der Waals surface area contributed by atoms with E-state index >= 15 is 0 Å².